The highest BCUT2D eigenvalue weighted by molar-refractivity contribution is 6.30. The third kappa shape index (κ3) is 3.94. The minimum absolute atomic E-state index is 0.0374. The van der Waals surface area contributed by atoms with Crippen LogP contribution in [0.3, 0.4) is 0 Å². The maximum absolute atomic E-state index is 13.6. The summed E-state index contributed by atoms with van der Waals surface area (Å²) in [7, 11) is 0. The molecule has 0 radical (unpaired) electrons. The van der Waals surface area contributed by atoms with Gasteiger partial charge >= 0.3 is 0 Å². The first-order chi connectivity index (χ1) is 8.49. The van der Waals surface area contributed by atoms with Crippen LogP contribution >= 0.6 is 11.6 Å². The van der Waals surface area contributed by atoms with E-state index in [-0.39, 0.29) is 12.3 Å². The molecule has 2 N–H and O–H groups in total. The summed E-state index contributed by atoms with van der Waals surface area (Å²) in [6.07, 6.45) is -0.100. The third-order valence-electron chi connectivity index (χ3n) is 3.37. The van der Waals surface area contributed by atoms with E-state index in [1.807, 2.05) is 13.8 Å². The van der Waals surface area contributed by atoms with Crippen molar-refractivity contribution >= 4 is 11.6 Å². The Labute approximate surface area is 112 Å². The second-order valence-electron chi connectivity index (χ2n) is 4.57. The normalized spacial score (nSPS) is 14.8. The van der Waals surface area contributed by atoms with Crippen molar-refractivity contribution in [2.45, 2.75) is 45.3 Å². The van der Waals surface area contributed by atoms with E-state index in [2.05, 4.69) is 0 Å². The van der Waals surface area contributed by atoms with Crippen molar-refractivity contribution in [3.05, 3.63) is 34.6 Å². The predicted molar refractivity (Wildman–Crippen MR) is 71.2 cm³/mol. The Balaban J connectivity index is 2.71. The van der Waals surface area contributed by atoms with Gasteiger partial charge in [0, 0.05) is 11.4 Å². The summed E-state index contributed by atoms with van der Waals surface area (Å²) in [5.41, 5.74) is 0.372. The van der Waals surface area contributed by atoms with E-state index in [1.54, 1.807) is 12.1 Å². The molecule has 0 heterocycles. The molecule has 2 nitrogen and oxygen atoms in total. The molecule has 1 rings (SSSR count). The number of aliphatic hydroxyl groups excluding tert-OH is 2. The highest BCUT2D eigenvalue weighted by atomic mass is 35.5. The molecule has 0 spiro atoms. The summed E-state index contributed by atoms with van der Waals surface area (Å²) in [6.45, 7) is 3.93. The first-order valence-corrected chi connectivity index (χ1v) is 6.67. The standard InChI is InChI=1S/C14H20ClFO2/c1-3-9(4-2)14(18)13(17)7-10-5-6-11(15)8-12(10)16/h5-6,8-9,13-14,17-18H,3-4,7H2,1-2H3. The molecular weight excluding hydrogens is 255 g/mol. The van der Waals surface area contributed by atoms with Crippen molar-refractivity contribution in [3.8, 4) is 0 Å². The first-order valence-electron chi connectivity index (χ1n) is 6.29. The average Bonchev–Trinajstić information content (AvgIpc) is 2.34. The number of hydrogen-bond donors (Lipinski definition) is 2. The zero-order chi connectivity index (χ0) is 13.7. The van der Waals surface area contributed by atoms with Crippen molar-refractivity contribution in [3.63, 3.8) is 0 Å². The lowest BCUT2D eigenvalue weighted by atomic mass is 9.90. The molecule has 0 aromatic heterocycles. The van der Waals surface area contributed by atoms with Crippen LogP contribution in [0.5, 0.6) is 0 Å². The fraction of sp³-hybridized carbons (Fsp3) is 0.571. The second kappa shape index (κ2) is 7.07. The van der Waals surface area contributed by atoms with Crippen LogP contribution in [0.1, 0.15) is 32.3 Å². The van der Waals surface area contributed by atoms with E-state index in [0.29, 0.717) is 10.6 Å². The summed E-state index contributed by atoms with van der Waals surface area (Å²) in [5.74, 6) is -0.409. The van der Waals surface area contributed by atoms with Gasteiger partial charge in [-0.05, 0) is 23.6 Å². The molecule has 1 aromatic rings. The lowest BCUT2D eigenvalue weighted by molar-refractivity contribution is -0.0191. The van der Waals surface area contributed by atoms with Crippen LogP contribution in [0, 0.1) is 11.7 Å². The van der Waals surface area contributed by atoms with Gasteiger partial charge in [-0.15, -0.1) is 0 Å². The lowest BCUT2D eigenvalue weighted by Crippen LogP contribution is -2.34. The summed E-state index contributed by atoms with van der Waals surface area (Å²) >= 11 is 5.66. The molecule has 2 unspecified atom stereocenters. The molecule has 0 bridgehead atoms. The number of halogens is 2. The van der Waals surface area contributed by atoms with Crippen LogP contribution in [0.15, 0.2) is 18.2 Å². The first kappa shape index (κ1) is 15.4. The van der Waals surface area contributed by atoms with Crippen LogP contribution < -0.4 is 0 Å². The lowest BCUT2D eigenvalue weighted by Gasteiger charge is -2.25. The van der Waals surface area contributed by atoms with Crippen LogP contribution in [0.4, 0.5) is 4.39 Å². The van der Waals surface area contributed by atoms with Gasteiger partial charge in [0.25, 0.3) is 0 Å². The van der Waals surface area contributed by atoms with Crippen molar-refractivity contribution in [2.24, 2.45) is 5.92 Å². The topological polar surface area (TPSA) is 40.5 Å². The Morgan fingerprint density at radius 3 is 2.33 bits per heavy atom. The Bertz CT molecular complexity index is 380. The molecule has 0 aliphatic heterocycles. The Morgan fingerprint density at radius 2 is 1.83 bits per heavy atom. The van der Waals surface area contributed by atoms with Gasteiger partial charge in [-0.1, -0.05) is 44.4 Å². The van der Waals surface area contributed by atoms with Gasteiger partial charge in [0.15, 0.2) is 0 Å². The van der Waals surface area contributed by atoms with Crippen molar-refractivity contribution in [1.82, 2.24) is 0 Å². The van der Waals surface area contributed by atoms with Crippen LogP contribution in [-0.4, -0.2) is 22.4 Å². The summed E-state index contributed by atoms with van der Waals surface area (Å²) in [4.78, 5) is 0. The Hall–Kier alpha value is -0.640. The van der Waals surface area contributed by atoms with Gasteiger partial charge in [-0.2, -0.15) is 0 Å². The quantitative estimate of drug-likeness (QED) is 0.836. The molecule has 18 heavy (non-hydrogen) atoms. The maximum atomic E-state index is 13.6. The van der Waals surface area contributed by atoms with E-state index in [1.165, 1.54) is 6.07 Å². The fourth-order valence-corrected chi connectivity index (χ4v) is 2.28. The molecular formula is C14H20ClFO2. The van der Waals surface area contributed by atoms with Crippen LogP contribution in [0.25, 0.3) is 0 Å². The van der Waals surface area contributed by atoms with Gasteiger partial charge in [0.05, 0.1) is 12.2 Å². The monoisotopic (exact) mass is 274 g/mol. The zero-order valence-electron chi connectivity index (χ0n) is 10.7. The molecule has 2 atom stereocenters. The van der Waals surface area contributed by atoms with E-state index >= 15 is 0 Å². The number of rotatable bonds is 6. The third-order valence-corrected chi connectivity index (χ3v) is 3.61. The minimum Gasteiger partial charge on any atom is -0.390 e. The highest BCUT2D eigenvalue weighted by Crippen LogP contribution is 2.21. The predicted octanol–water partition coefficient (Wildman–Crippen LogP) is 3.18. The molecule has 102 valence electrons. The molecule has 1 aromatic carbocycles. The van der Waals surface area contributed by atoms with Crippen LogP contribution in [-0.2, 0) is 6.42 Å². The van der Waals surface area contributed by atoms with Gasteiger partial charge in [-0.3, -0.25) is 0 Å². The summed E-state index contributed by atoms with van der Waals surface area (Å²) < 4.78 is 13.6. The average molecular weight is 275 g/mol. The van der Waals surface area contributed by atoms with Crippen LogP contribution in [0.2, 0.25) is 5.02 Å². The van der Waals surface area contributed by atoms with E-state index in [4.69, 9.17) is 11.6 Å². The van der Waals surface area contributed by atoms with E-state index < -0.39 is 18.0 Å². The molecule has 0 amide bonds. The number of aliphatic hydroxyl groups is 2. The number of hydrogen-bond acceptors (Lipinski definition) is 2. The molecule has 0 aliphatic carbocycles. The van der Waals surface area contributed by atoms with Crippen molar-refractivity contribution in [1.29, 1.82) is 0 Å². The second-order valence-corrected chi connectivity index (χ2v) is 5.01. The Morgan fingerprint density at radius 1 is 1.22 bits per heavy atom. The van der Waals surface area contributed by atoms with E-state index in [9.17, 15) is 14.6 Å². The van der Waals surface area contributed by atoms with Gasteiger partial charge in [-0.25, -0.2) is 4.39 Å². The smallest absolute Gasteiger partial charge is 0.127 e. The molecule has 0 saturated carbocycles. The maximum Gasteiger partial charge on any atom is 0.127 e. The fourth-order valence-electron chi connectivity index (χ4n) is 2.12. The molecule has 0 fully saturated rings. The molecule has 4 heteroatoms. The molecule has 0 saturated heterocycles. The minimum atomic E-state index is -0.953. The van der Waals surface area contributed by atoms with Crippen molar-refractivity contribution in [2.75, 3.05) is 0 Å². The van der Waals surface area contributed by atoms with Gasteiger partial charge < -0.3 is 10.2 Å². The van der Waals surface area contributed by atoms with E-state index in [0.717, 1.165) is 12.8 Å². The summed E-state index contributed by atoms with van der Waals surface area (Å²) in [6, 6.07) is 4.34. The van der Waals surface area contributed by atoms with Crippen molar-refractivity contribution < 1.29 is 14.6 Å². The highest BCUT2D eigenvalue weighted by Gasteiger charge is 2.24. The Kier molecular flexibility index (Phi) is 6.06. The summed E-state index contributed by atoms with van der Waals surface area (Å²) in [5, 5.41) is 20.3. The van der Waals surface area contributed by atoms with Gasteiger partial charge in [0.1, 0.15) is 5.82 Å². The number of benzene rings is 1. The van der Waals surface area contributed by atoms with Gasteiger partial charge in [0.2, 0.25) is 0 Å². The SMILES string of the molecule is CCC(CC)C(O)C(O)Cc1ccc(Cl)cc1F. The zero-order valence-corrected chi connectivity index (χ0v) is 11.5. The molecule has 0 aliphatic rings. The largest absolute Gasteiger partial charge is 0.390 e.